The molecule has 0 amide bonds. The third kappa shape index (κ3) is 4.33. The number of aryl methyl sites for hydroxylation is 1. The molecule has 0 spiro atoms. The number of benzene rings is 2. The molecule has 3 aromatic rings. The minimum Gasteiger partial charge on any atom is -0.492 e. The topological polar surface area (TPSA) is 131 Å². The minimum absolute atomic E-state index is 0.147. The van der Waals surface area contributed by atoms with Gasteiger partial charge in [0.2, 0.25) is 15.9 Å². The van der Waals surface area contributed by atoms with E-state index in [2.05, 4.69) is 14.9 Å². The molecule has 9 nitrogen and oxygen atoms in total. The van der Waals surface area contributed by atoms with Crippen LogP contribution >= 0.6 is 0 Å². The van der Waals surface area contributed by atoms with E-state index in [-0.39, 0.29) is 40.7 Å². The summed E-state index contributed by atoms with van der Waals surface area (Å²) < 4.78 is 54.3. The fraction of sp³-hybridized carbons (Fsp3) is 0.318. The predicted molar refractivity (Wildman–Crippen MR) is 115 cm³/mol. The van der Waals surface area contributed by atoms with Crippen LogP contribution in [-0.2, 0) is 10.0 Å². The average Bonchev–Trinajstić information content (AvgIpc) is 3.21. The molecule has 0 radical (unpaired) electrons. The van der Waals surface area contributed by atoms with Gasteiger partial charge in [-0.25, -0.2) is 22.7 Å². The van der Waals surface area contributed by atoms with Crippen LogP contribution in [0.25, 0.3) is 0 Å². The summed E-state index contributed by atoms with van der Waals surface area (Å²) in [5.74, 6) is -2.36. The number of aromatic nitrogens is 2. The molecule has 0 unspecified atom stereocenters. The lowest BCUT2D eigenvalue weighted by molar-refractivity contribution is 0.0933. The zero-order valence-corrected chi connectivity index (χ0v) is 19.0. The van der Waals surface area contributed by atoms with Crippen molar-refractivity contribution in [3.05, 3.63) is 74.8 Å². The van der Waals surface area contributed by atoms with E-state index in [4.69, 9.17) is 9.15 Å². The van der Waals surface area contributed by atoms with Crippen LogP contribution in [-0.4, -0.2) is 31.0 Å². The van der Waals surface area contributed by atoms with E-state index in [0.717, 1.165) is 5.56 Å². The van der Waals surface area contributed by atoms with Crippen molar-refractivity contribution in [1.82, 2.24) is 14.9 Å². The highest BCUT2D eigenvalue weighted by atomic mass is 32.2. The Morgan fingerprint density at radius 1 is 1.18 bits per heavy atom. The van der Waals surface area contributed by atoms with Crippen molar-refractivity contribution in [1.29, 1.82) is 0 Å². The third-order valence-electron chi connectivity index (χ3n) is 5.84. The fourth-order valence-electron chi connectivity index (χ4n) is 3.91. The molecule has 1 aromatic heterocycles. The van der Waals surface area contributed by atoms with Crippen LogP contribution in [0, 0.1) is 19.7 Å². The summed E-state index contributed by atoms with van der Waals surface area (Å²) in [4.78, 5) is 23.6. The Bertz CT molecular complexity index is 1400. The fourth-order valence-corrected chi connectivity index (χ4v) is 5.21. The molecule has 2 N–H and O–H groups in total. The number of ether oxygens (including phenoxy) is 1. The second-order valence-corrected chi connectivity index (χ2v) is 9.64. The number of fused-ring (bicyclic) bond motifs is 1. The molecule has 0 bridgehead atoms. The van der Waals surface area contributed by atoms with Crippen LogP contribution in [0.2, 0.25) is 0 Å². The van der Waals surface area contributed by atoms with Gasteiger partial charge in [0.05, 0.1) is 17.1 Å². The van der Waals surface area contributed by atoms with E-state index in [1.54, 1.807) is 19.9 Å². The number of hydrogen-bond acceptors (Lipinski definition) is 7. The number of H-pyrrole nitrogens is 1. The predicted octanol–water partition coefficient (Wildman–Crippen LogP) is 2.91. The number of ketones is 1. The molecule has 11 heteroatoms. The second kappa shape index (κ2) is 8.56. The van der Waals surface area contributed by atoms with Gasteiger partial charge in [-0.2, -0.15) is 4.72 Å². The highest BCUT2D eigenvalue weighted by Crippen LogP contribution is 2.36. The van der Waals surface area contributed by atoms with Gasteiger partial charge in [-0.1, -0.05) is 13.0 Å². The number of carbonyl (C=O) groups excluding carboxylic acids is 1. The zero-order valence-electron chi connectivity index (χ0n) is 18.1. The molecular weight excluding hydrogens is 453 g/mol. The minimum atomic E-state index is -4.24. The Morgan fingerprint density at radius 3 is 2.64 bits per heavy atom. The Balaban J connectivity index is 1.77. The van der Waals surface area contributed by atoms with E-state index in [1.165, 1.54) is 24.3 Å². The van der Waals surface area contributed by atoms with Gasteiger partial charge >= 0.3 is 5.76 Å². The number of aromatic amines is 1. The van der Waals surface area contributed by atoms with E-state index >= 15 is 0 Å². The van der Waals surface area contributed by atoms with Crippen LogP contribution in [0.4, 0.5) is 4.39 Å². The van der Waals surface area contributed by atoms with Crippen LogP contribution < -0.4 is 15.2 Å². The smallest absolute Gasteiger partial charge is 0.434 e. The van der Waals surface area contributed by atoms with Crippen LogP contribution in [0.15, 0.2) is 44.4 Å². The number of halogens is 1. The third-order valence-corrected chi connectivity index (χ3v) is 7.28. The Labute approximate surface area is 189 Å². The molecule has 0 saturated heterocycles. The van der Waals surface area contributed by atoms with Crippen molar-refractivity contribution in [2.75, 3.05) is 6.61 Å². The van der Waals surface area contributed by atoms with Crippen molar-refractivity contribution in [3.63, 3.8) is 0 Å². The van der Waals surface area contributed by atoms with E-state index in [9.17, 15) is 22.4 Å². The number of nitrogens with zero attached hydrogens (tertiary/aromatic N) is 1. The van der Waals surface area contributed by atoms with Crippen molar-refractivity contribution in [2.24, 2.45) is 0 Å². The molecule has 4 rings (SSSR count). The maximum atomic E-state index is 14.8. The van der Waals surface area contributed by atoms with Crippen molar-refractivity contribution in [3.8, 4) is 5.75 Å². The molecule has 1 aliphatic rings. The summed E-state index contributed by atoms with van der Waals surface area (Å²) in [7, 11) is -4.24. The van der Waals surface area contributed by atoms with Crippen LogP contribution in [0.5, 0.6) is 5.75 Å². The molecule has 2 heterocycles. The van der Waals surface area contributed by atoms with E-state index < -0.39 is 33.6 Å². The lowest BCUT2D eigenvalue weighted by atomic mass is 9.88. The molecule has 174 valence electrons. The quantitative estimate of drug-likeness (QED) is 0.560. The maximum absolute atomic E-state index is 14.8. The van der Waals surface area contributed by atoms with Gasteiger partial charge in [0, 0.05) is 12.3 Å². The molecule has 1 aliphatic heterocycles. The Hall–Kier alpha value is -3.31. The molecule has 0 fully saturated rings. The summed E-state index contributed by atoms with van der Waals surface area (Å²) in [6.07, 6.45) is 0.147. The lowest BCUT2D eigenvalue weighted by Crippen LogP contribution is -2.33. The number of sulfonamides is 1. The SMILES string of the molecule is Cc1ccc(F)c([C@@H](C)[C@H](NS(=O)(=O)c2ccc3c(c2)C(=O)CCO3)c2n[nH]c(=O)o2)c1C. The molecule has 2 aromatic carbocycles. The standard InChI is InChI=1S/C22H22FN3O6S/c1-11-4-6-16(23)19(12(11)2)13(3)20(21-24-25-22(28)32-21)26-33(29,30)14-5-7-18-15(10-14)17(27)8-9-31-18/h4-7,10,13,20,26H,8-9H2,1-3H3,(H,25,28)/t13-,20+/m1/s1. The van der Waals surface area contributed by atoms with E-state index in [1.807, 2.05) is 6.92 Å². The van der Waals surface area contributed by atoms with Gasteiger partial charge in [0.15, 0.2) is 5.78 Å². The summed E-state index contributed by atoms with van der Waals surface area (Å²) >= 11 is 0. The number of nitrogens with one attached hydrogen (secondary N) is 2. The first-order valence-corrected chi connectivity index (χ1v) is 11.7. The van der Waals surface area contributed by atoms with Crippen molar-refractivity contribution < 1.29 is 26.8 Å². The first-order valence-electron chi connectivity index (χ1n) is 10.2. The zero-order chi connectivity index (χ0) is 23.9. The van der Waals surface area contributed by atoms with Gasteiger partial charge in [0.1, 0.15) is 17.6 Å². The molecule has 33 heavy (non-hydrogen) atoms. The molecule has 0 saturated carbocycles. The lowest BCUT2D eigenvalue weighted by Gasteiger charge is -2.25. The molecule has 0 aliphatic carbocycles. The number of rotatable bonds is 6. The first-order chi connectivity index (χ1) is 15.6. The normalized spacial score (nSPS) is 15.6. The van der Waals surface area contributed by atoms with Gasteiger partial charge in [-0.3, -0.25) is 4.79 Å². The number of hydrogen-bond donors (Lipinski definition) is 2. The first kappa shape index (κ1) is 22.9. The summed E-state index contributed by atoms with van der Waals surface area (Å²) in [5.41, 5.74) is 1.89. The highest BCUT2D eigenvalue weighted by Gasteiger charge is 2.34. The van der Waals surface area contributed by atoms with Gasteiger partial charge < -0.3 is 9.15 Å². The van der Waals surface area contributed by atoms with Crippen LogP contribution in [0.1, 0.15) is 58.2 Å². The summed E-state index contributed by atoms with van der Waals surface area (Å²) in [6, 6.07) is 5.67. The van der Waals surface area contributed by atoms with Gasteiger partial charge in [-0.05, 0) is 54.8 Å². The largest absolute Gasteiger partial charge is 0.492 e. The van der Waals surface area contributed by atoms with Crippen molar-refractivity contribution >= 4 is 15.8 Å². The van der Waals surface area contributed by atoms with Crippen LogP contribution in [0.3, 0.4) is 0 Å². The Morgan fingerprint density at radius 2 is 1.94 bits per heavy atom. The maximum Gasteiger partial charge on any atom is 0.434 e. The van der Waals surface area contributed by atoms with Gasteiger partial charge in [-0.15, -0.1) is 5.10 Å². The average molecular weight is 475 g/mol. The number of Topliss-reactive ketones (excluding diaryl/α,β-unsaturated/α-hetero) is 1. The molecular formula is C22H22FN3O6S. The number of carbonyl (C=O) groups is 1. The van der Waals surface area contributed by atoms with E-state index in [0.29, 0.717) is 11.3 Å². The van der Waals surface area contributed by atoms with Crippen molar-refractivity contribution in [2.45, 2.75) is 44.0 Å². The summed E-state index contributed by atoms with van der Waals surface area (Å²) in [6.45, 7) is 5.38. The summed E-state index contributed by atoms with van der Waals surface area (Å²) in [5, 5.41) is 5.88. The second-order valence-electron chi connectivity index (χ2n) is 7.92. The Kier molecular flexibility index (Phi) is 5.93. The highest BCUT2D eigenvalue weighted by molar-refractivity contribution is 7.89. The monoisotopic (exact) mass is 475 g/mol. The molecule has 2 atom stereocenters. The van der Waals surface area contributed by atoms with Gasteiger partial charge in [0.25, 0.3) is 0 Å².